The van der Waals surface area contributed by atoms with Crippen molar-refractivity contribution in [1.29, 1.82) is 0 Å². The third-order valence-corrected chi connectivity index (χ3v) is 6.09. The first-order chi connectivity index (χ1) is 15.7. The second-order valence-corrected chi connectivity index (χ2v) is 8.32. The van der Waals surface area contributed by atoms with Crippen LogP contribution in [0.3, 0.4) is 0 Å². The molecule has 2 aliphatic rings. The average Bonchev–Trinajstić information content (AvgIpc) is 3.13. The predicted molar refractivity (Wildman–Crippen MR) is 126 cm³/mol. The van der Waals surface area contributed by atoms with Gasteiger partial charge >= 0.3 is 0 Å². The smallest absolute Gasteiger partial charge is 0.171 e. The molecule has 2 aromatic carbocycles. The second kappa shape index (κ2) is 8.91. The molecule has 1 atom stereocenters. The molecular formula is C26H28N4O2. The van der Waals surface area contributed by atoms with Crippen molar-refractivity contribution >= 4 is 11.9 Å². The molecule has 0 radical (unpaired) electrons. The highest BCUT2D eigenvalue weighted by molar-refractivity contribution is 6.02. The maximum Gasteiger partial charge on any atom is 0.171 e. The summed E-state index contributed by atoms with van der Waals surface area (Å²) in [4.78, 5) is 12.7. The number of benzene rings is 2. The molecule has 3 aromatic rings. The molecular weight excluding hydrogens is 400 g/mol. The Morgan fingerprint density at radius 2 is 2.00 bits per heavy atom. The third-order valence-electron chi connectivity index (χ3n) is 6.09. The number of rotatable bonds is 4. The highest BCUT2D eigenvalue weighted by Gasteiger charge is 2.27. The average molecular weight is 429 g/mol. The van der Waals surface area contributed by atoms with Gasteiger partial charge in [-0.05, 0) is 54.7 Å². The first kappa shape index (κ1) is 20.4. The molecule has 6 nitrogen and oxygen atoms in total. The Kier molecular flexibility index (Phi) is 5.67. The van der Waals surface area contributed by atoms with Crippen molar-refractivity contribution in [2.45, 2.75) is 32.3 Å². The number of hydrogen-bond donors (Lipinski definition) is 0. The number of aryl methyl sites for hydroxylation is 1. The molecule has 0 saturated carbocycles. The number of nitrogens with zero attached hydrogens (tertiary/aromatic N) is 4. The highest BCUT2D eigenvalue weighted by Crippen LogP contribution is 2.31. The van der Waals surface area contributed by atoms with Crippen LogP contribution in [-0.2, 0) is 4.84 Å². The fraction of sp³-hybridized carbons (Fsp3) is 0.308. The van der Waals surface area contributed by atoms with Crippen LogP contribution < -0.4 is 4.74 Å². The van der Waals surface area contributed by atoms with Crippen molar-refractivity contribution in [3.63, 3.8) is 0 Å². The Balaban J connectivity index is 1.43. The van der Waals surface area contributed by atoms with E-state index in [0.717, 1.165) is 60.9 Å². The van der Waals surface area contributed by atoms with E-state index in [1.54, 1.807) is 7.11 Å². The topological polar surface area (TPSA) is 51.9 Å². The molecule has 0 N–H and O–H groups in total. The summed E-state index contributed by atoms with van der Waals surface area (Å²) < 4.78 is 7.67. The Morgan fingerprint density at radius 1 is 1.12 bits per heavy atom. The summed E-state index contributed by atoms with van der Waals surface area (Å²) in [6.07, 6.45) is 9.04. The van der Waals surface area contributed by atoms with Crippen molar-refractivity contribution in [2.24, 2.45) is 5.16 Å². The second-order valence-electron chi connectivity index (χ2n) is 8.32. The number of oxime groups is 1. The molecule has 6 heteroatoms. The fourth-order valence-corrected chi connectivity index (χ4v) is 4.44. The van der Waals surface area contributed by atoms with E-state index in [-0.39, 0.29) is 6.10 Å². The van der Waals surface area contributed by atoms with E-state index >= 15 is 0 Å². The van der Waals surface area contributed by atoms with E-state index in [4.69, 9.17) is 9.57 Å². The summed E-state index contributed by atoms with van der Waals surface area (Å²) in [5.74, 6) is 1.77. The van der Waals surface area contributed by atoms with Gasteiger partial charge in [0.2, 0.25) is 0 Å². The molecule has 1 saturated heterocycles. The van der Waals surface area contributed by atoms with E-state index in [0.29, 0.717) is 0 Å². The van der Waals surface area contributed by atoms with Crippen LogP contribution in [0.4, 0.5) is 0 Å². The van der Waals surface area contributed by atoms with Gasteiger partial charge in [0, 0.05) is 25.7 Å². The minimum Gasteiger partial charge on any atom is -0.495 e. The number of amidine groups is 1. The van der Waals surface area contributed by atoms with Crippen LogP contribution in [-0.4, -0.2) is 40.5 Å². The number of ether oxygens (including phenoxy) is 1. The number of imidazole rings is 1. The zero-order chi connectivity index (χ0) is 21.9. The van der Waals surface area contributed by atoms with Gasteiger partial charge in [-0.15, -0.1) is 0 Å². The van der Waals surface area contributed by atoms with E-state index in [9.17, 15) is 0 Å². The lowest BCUT2D eigenvalue weighted by Crippen LogP contribution is -2.37. The van der Waals surface area contributed by atoms with Crippen LogP contribution in [0.15, 0.2) is 71.8 Å². The van der Waals surface area contributed by atoms with Crippen LogP contribution in [0.25, 0.3) is 11.8 Å². The van der Waals surface area contributed by atoms with Crippen LogP contribution in [0.1, 0.15) is 42.2 Å². The largest absolute Gasteiger partial charge is 0.495 e. The van der Waals surface area contributed by atoms with Gasteiger partial charge in [0.15, 0.2) is 11.9 Å². The maximum absolute atomic E-state index is 6.02. The molecule has 0 unspecified atom stereocenters. The van der Waals surface area contributed by atoms with Gasteiger partial charge in [0.25, 0.3) is 0 Å². The molecule has 164 valence electrons. The molecule has 0 bridgehead atoms. The molecule has 0 amide bonds. The van der Waals surface area contributed by atoms with E-state index in [2.05, 4.69) is 63.6 Å². The quantitative estimate of drug-likeness (QED) is 0.577. The van der Waals surface area contributed by atoms with Gasteiger partial charge in [0.1, 0.15) is 5.75 Å². The molecule has 0 aliphatic carbocycles. The first-order valence-electron chi connectivity index (χ1n) is 11.1. The van der Waals surface area contributed by atoms with E-state index < -0.39 is 0 Å². The number of methoxy groups -OCH3 is 1. The number of hydrogen-bond acceptors (Lipinski definition) is 5. The van der Waals surface area contributed by atoms with Crippen LogP contribution in [0.2, 0.25) is 0 Å². The SMILES string of the molecule is COc1cc(/C=C2\CCCN3CC[C@H](c4ccccc4)ON=C23)ccc1-n1cnc(C)c1. The van der Waals surface area contributed by atoms with Crippen molar-refractivity contribution in [2.75, 3.05) is 20.2 Å². The highest BCUT2D eigenvalue weighted by atomic mass is 16.6. The standard InChI is InChI=1S/C26H28N4O2/c1-19-17-30(18-27-19)23-11-10-20(16-25(23)31-2)15-22-9-6-13-29-14-12-24(32-28-26(22)29)21-7-4-3-5-8-21/h3-5,7-8,10-11,15-18,24H,6,9,12-14H2,1-2H3/b22-15+/t24-/m1/s1. The van der Waals surface area contributed by atoms with E-state index in [1.807, 2.05) is 30.1 Å². The zero-order valence-electron chi connectivity index (χ0n) is 18.6. The van der Waals surface area contributed by atoms with Gasteiger partial charge in [0.05, 0.1) is 24.8 Å². The minimum atomic E-state index is -0.00596. The van der Waals surface area contributed by atoms with Crippen molar-refractivity contribution in [3.05, 3.63) is 83.4 Å². The fourth-order valence-electron chi connectivity index (χ4n) is 4.44. The Labute approximate surface area is 188 Å². The normalized spacial score (nSPS) is 19.7. The maximum atomic E-state index is 6.02. The lowest BCUT2D eigenvalue weighted by Gasteiger charge is -2.29. The predicted octanol–water partition coefficient (Wildman–Crippen LogP) is 5.14. The van der Waals surface area contributed by atoms with Gasteiger partial charge < -0.3 is 19.0 Å². The number of piperidine rings is 1. The van der Waals surface area contributed by atoms with Crippen molar-refractivity contribution in [1.82, 2.24) is 14.5 Å². The summed E-state index contributed by atoms with van der Waals surface area (Å²) >= 11 is 0. The Bertz CT molecular complexity index is 1150. The number of aromatic nitrogens is 2. The Morgan fingerprint density at radius 3 is 2.78 bits per heavy atom. The zero-order valence-corrected chi connectivity index (χ0v) is 18.6. The lowest BCUT2D eigenvalue weighted by atomic mass is 9.99. The summed E-state index contributed by atoms with van der Waals surface area (Å²) in [6.45, 7) is 3.94. The summed E-state index contributed by atoms with van der Waals surface area (Å²) in [6, 6.07) is 16.6. The van der Waals surface area contributed by atoms with Gasteiger partial charge in [-0.1, -0.05) is 41.6 Å². The molecule has 2 aliphatic heterocycles. The Hall–Kier alpha value is -3.54. The monoisotopic (exact) mass is 428 g/mol. The van der Waals surface area contributed by atoms with Crippen LogP contribution in [0, 0.1) is 6.92 Å². The van der Waals surface area contributed by atoms with Gasteiger partial charge in [-0.25, -0.2) is 4.98 Å². The molecule has 3 heterocycles. The first-order valence-corrected chi connectivity index (χ1v) is 11.1. The van der Waals surface area contributed by atoms with E-state index in [1.165, 1.54) is 11.1 Å². The molecule has 0 spiro atoms. The van der Waals surface area contributed by atoms with Gasteiger partial charge in [-0.2, -0.15) is 0 Å². The minimum absolute atomic E-state index is 0.00596. The molecule has 32 heavy (non-hydrogen) atoms. The molecule has 1 fully saturated rings. The molecule has 1 aromatic heterocycles. The summed E-state index contributed by atoms with van der Waals surface area (Å²) in [7, 11) is 1.70. The van der Waals surface area contributed by atoms with Crippen LogP contribution >= 0.6 is 0 Å². The third kappa shape index (κ3) is 4.13. The summed E-state index contributed by atoms with van der Waals surface area (Å²) in [5.41, 5.74) is 5.42. The van der Waals surface area contributed by atoms with Crippen molar-refractivity contribution < 1.29 is 9.57 Å². The molecule has 5 rings (SSSR count). The lowest BCUT2D eigenvalue weighted by molar-refractivity contribution is 0.0576. The van der Waals surface area contributed by atoms with Gasteiger partial charge in [-0.3, -0.25) is 0 Å². The van der Waals surface area contributed by atoms with Crippen molar-refractivity contribution in [3.8, 4) is 11.4 Å². The van der Waals surface area contributed by atoms with Crippen LogP contribution in [0.5, 0.6) is 5.75 Å². The summed E-state index contributed by atoms with van der Waals surface area (Å²) in [5, 5.41) is 4.62. The number of fused-ring (bicyclic) bond motifs is 1.